The van der Waals surface area contributed by atoms with E-state index in [-0.39, 0.29) is 0 Å². The van der Waals surface area contributed by atoms with Gasteiger partial charge in [0.2, 0.25) is 0 Å². The van der Waals surface area contributed by atoms with Crippen LogP contribution in [0, 0.1) is 0 Å². The fourth-order valence-corrected chi connectivity index (χ4v) is 1.67. The summed E-state index contributed by atoms with van der Waals surface area (Å²) in [5.41, 5.74) is -3.91. The lowest BCUT2D eigenvalue weighted by molar-refractivity contribution is -0.464. The minimum Gasteiger partial charge on any atom is -0.267 e. The zero-order valence-electron chi connectivity index (χ0n) is 14.1. The Hall–Kier alpha value is -1.44. The summed E-state index contributed by atoms with van der Waals surface area (Å²) < 4.78 is 258. The Morgan fingerprint density at radius 1 is 0.344 bits per heavy atom. The van der Waals surface area contributed by atoms with E-state index in [4.69, 9.17) is 0 Å². The molecule has 0 saturated carbocycles. The van der Waals surface area contributed by atoms with Crippen molar-refractivity contribution < 1.29 is 87.8 Å². The van der Waals surface area contributed by atoms with Crippen LogP contribution in [0.1, 0.15) is 6.92 Å². The van der Waals surface area contributed by atoms with Gasteiger partial charge in [-0.3, -0.25) is 5.73 Å². The molecule has 32 heavy (non-hydrogen) atoms. The Labute approximate surface area is 161 Å². The van der Waals surface area contributed by atoms with Crippen LogP contribution in [0.3, 0.4) is 0 Å². The monoisotopic (exact) mass is 531 g/mol. The van der Waals surface area contributed by atoms with E-state index in [2.05, 4.69) is 5.73 Å². The van der Waals surface area contributed by atoms with Gasteiger partial charge in [-0.25, -0.2) is 4.39 Å². The predicted octanol–water partition coefficient (Wildman–Crippen LogP) is 6.28. The smallest absolute Gasteiger partial charge is 0.267 e. The molecule has 0 aliphatic heterocycles. The van der Waals surface area contributed by atoms with Crippen molar-refractivity contribution in [2.75, 3.05) is 0 Å². The highest BCUT2D eigenvalue weighted by molar-refractivity contribution is 5.18. The molecule has 21 heteroatoms. The number of hydrogen-bond donors (Lipinski definition) is 1. The Morgan fingerprint density at radius 2 is 0.531 bits per heavy atom. The van der Waals surface area contributed by atoms with Gasteiger partial charge in [0.25, 0.3) is 5.67 Å². The molecule has 0 saturated heterocycles. The lowest BCUT2D eigenvalue weighted by Gasteiger charge is -2.45. The number of halogens is 20. The van der Waals surface area contributed by atoms with Crippen LogP contribution in [0.4, 0.5) is 87.8 Å². The van der Waals surface area contributed by atoms with Crippen molar-refractivity contribution in [1.82, 2.24) is 0 Å². The third-order valence-corrected chi connectivity index (χ3v) is 3.91. The van der Waals surface area contributed by atoms with Gasteiger partial charge in [0.05, 0.1) is 0 Å². The third-order valence-electron chi connectivity index (χ3n) is 3.91. The second kappa shape index (κ2) is 7.03. The van der Waals surface area contributed by atoms with Crippen LogP contribution in [0.15, 0.2) is 0 Å². The van der Waals surface area contributed by atoms with E-state index in [9.17, 15) is 87.8 Å². The topological polar surface area (TPSA) is 26.0 Å². The van der Waals surface area contributed by atoms with Gasteiger partial charge in [0.1, 0.15) is 0 Å². The maximum atomic E-state index is 13.3. The van der Waals surface area contributed by atoms with Gasteiger partial charge in [0.15, 0.2) is 0 Å². The maximum Gasteiger partial charge on any atom is 0.428 e. The first-order valence-corrected chi connectivity index (χ1v) is 6.82. The van der Waals surface area contributed by atoms with Crippen molar-refractivity contribution in [2.24, 2.45) is 5.73 Å². The van der Waals surface area contributed by atoms with Crippen molar-refractivity contribution >= 4 is 0 Å². The van der Waals surface area contributed by atoms with Crippen LogP contribution in [-0.2, 0) is 0 Å². The van der Waals surface area contributed by atoms with E-state index in [0.29, 0.717) is 0 Å². The van der Waals surface area contributed by atoms with E-state index in [0.717, 1.165) is 0 Å². The zero-order chi connectivity index (χ0) is 27.0. The molecular weight excluding hydrogens is 526 g/mol. The van der Waals surface area contributed by atoms with Crippen molar-refractivity contribution in [3.05, 3.63) is 0 Å². The summed E-state index contributed by atoms with van der Waals surface area (Å²) in [5, 5.41) is 0. The second-order valence-electron chi connectivity index (χ2n) is 6.14. The molecule has 0 aromatic rings. The van der Waals surface area contributed by atoms with E-state index in [1.54, 1.807) is 0 Å². The van der Waals surface area contributed by atoms with Gasteiger partial charge in [-0.1, -0.05) is 0 Å². The minimum atomic E-state index is -8.97. The molecular formula is C11H5F20N. The van der Waals surface area contributed by atoms with Crippen molar-refractivity contribution in [2.45, 2.75) is 66.3 Å². The summed E-state index contributed by atoms with van der Waals surface area (Å²) in [6.07, 6.45) is -7.33. The van der Waals surface area contributed by atoms with E-state index >= 15 is 0 Å². The van der Waals surface area contributed by atoms with Gasteiger partial charge in [0, 0.05) is 0 Å². The molecule has 0 rings (SSSR count). The van der Waals surface area contributed by atoms with Gasteiger partial charge < -0.3 is 0 Å². The molecule has 0 radical (unpaired) electrons. The predicted molar refractivity (Wildman–Crippen MR) is 59.3 cm³/mol. The van der Waals surface area contributed by atoms with Gasteiger partial charge in [-0.05, 0) is 6.92 Å². The maximum absolute atomic E-state index is 13.3. The quantitative estimate of drug-likeness (QED) is 0.290. The van der Waals surface area contributed by atoms with Crippen molar-refractivity contribution in [1.29, 1.82) is 0 Å². The molecule has 0 spiro atoms. The summed E-state index contributed by atoms with van der Waals surface area (Å²) in [7, 11) is 0. The number of nitrogens with two attached hydrogens (primary N) is 1. The first kappa shape index (κ1) is 30.6. The number of rotatable bonds is 8. The van der Waals surface area contributed by atoms with Crippen LogP contribution in [-0.4, -0.2) is 59.3 Å². The highest BCUT2D eigenvalue weighted by Gasteiger charge is 2.96. The molecule has 0 heterocycles. The minimum absolute atomic E-state index is 1.68. The Bertz CT molecular complexity index is 633. The van der Waals surface area contributed by atoms with Crippen molar-refractivity contribution in [3.8, 4) is 0 Å². The lowest BCUT2D eigenvalue weighted by atomic mass is 9.84. The van der Waals surface area contributed by atoms with Gasteiger partial charge >= 0.3 is 53.7 Å². The summed E-state index contributed by atoms with van der Waals surface area (Å²) >= 11 is 0. The van der Waals surface area contributed by atoms with Crippen LogP contribution in [0.2, 0.25) is 0 Å². The highest BCUT2D eigenvalue weighted by Crippen LogP contribution is 2.65. The fraction of sp³-hybridized carbons (Fsp3) is 1.00. The molecule has 2 N–H and O–H groups in total. The van der Waals surface area contributed by atoms with Crippen LogP contribution in [0.5, 0.6) is 0 Å². The molecule has 1 atom stereocenters. The molecule has 0 amide bonds. The molecule has 194 valence electrons. The van der Waals surface area contributed by atoms with Gasteiger partial charge in [-0.15, -0.1) is 0 Å². The zero-order valence-corrected chi connectivity index (χ0v) is 14.1. The molecule has 0 aromatic carbocycles. The molecule has 0 aliphatic rings. The number of alkyl halides is 20. The molecule has 0 aliphatic carbocycles. The van der Waals surface area contributed by atoms with Crippen LogP contribution < -0.4 is 5.73 Å². The molecule has 0 aromatic heterocycles. The lowest BCUT2D eigenvalue weighted by Crippen LogP contribution is -2.77. The van der Waals surface area contributed by atoms with E-state index in [1.807, 2.05) is 0 Å². The van der Waals surface area contributed by atoms with E-state index in [1.165, 1.54) is 0 Å². The van der Waals surface area contributed by atoms with E-state index < -0.39 is 66.3 Å². The second-order valence-corrected chi connectivity index (χ2v) is 6.14. The third kappa shape index (κ3) is 3.43. The Kier molecular flexibility index (Phi) is 6.71. The first-order valence-electron chi connectivity index (χ1n) is 6.82. The fourth-order valence-electron chi connectivity index (χ4n) is 1.67. The summed E-state index contributed by atoms with van der Waals surface area (Å²) in [6, 6.07) is -6.97. The Morgan fingerprint density at radius 3 is 0.719 bits per heavy atom. The summed E-state index contributed by atoms with van der Waals surface area (Å²) in [6.45, 7) is -1.68. The average Bonchev–Trinajstić information content (AvgIpc) is 2.51. The first-order chi connectivity index (χ1) is 13.2. The molecule has 0 bridgehead atoms. The molecule has 0 fully saturated rings. The normalized spacial score (nSPS) is 18.6. The van der Waals surface area contributed by atoms with Crippen LogP contribution >= 0.6 is 0 Å². The average molecular weight is 531 g/mol. The SMILES string of the molecule is CC(F)(C(F)(F)F)C(F)(F)C(F)(F)C(F)(F)C(F)(F)C(F)(F)C(F)(F)C(F)(F)C(N)(F)F. The van der Waals surface area contributed by atoms with Crippen LogP contribution in [0.25, 0.3) is 0 Å². The van der Waals surface area contributed by atoms with Crippen molar-refractivity contribution in [3.63, 3.8) is 0 Å². The largest absolute Gasteiger partial charge is 0.428 e. The molecule has 1 unspecified atom stereocenters. The summed E-state index contributed by atoms with van der Waals surface area (Å²) in [4.78, 5) is 0. The number of hydrogen-bond acceptors (Lipinski definition) is 1. The van der Waals surface area contributed by atoms with Gasteiger partial charge in [-0.2, -0.15) is 83.4 Å². The molecule has 1 nitrogen and oxygen atoms in total. The standard InChI is InChI=1S/C11H5F20N/c1-2(12,10(27,28)29)3(13,14)4(15,16)5(17,18)6(19,20)7(21,22)8(23,24)9(25,26)11(30,31)32/h32H2,1H3. The summed E-state index contributed by atoms with van der Waals surface area (Å²) in [5.74, 6) is -60.1. The Balaban J connectivity index is 7.00. The highest BCUT2D eigenvalue weighted by atomic mass is 19.4.